The quantitative estimate of drug-likeness (QED) is 0.147. The van der Waals surface area contributed by atoms with Crippen LogP contribution in [0.1, 0.15) is 0 Å². The maximum atomic E-state index is 11.8. The summed E-state index contributed by atoms with van der Waals surface area (Å²) in [5.41, 5.74) is 5.12. The second-order valence-corrected chi connectivity index (χ2v) is 5.31. The third-order valence-electron chi connectivity index (χ3n) is 2.77. The van der Waals surface area contributed by atoms with Gasteiger partial charge < -0.3 is 37.4 Å². The Kier molecular flexibility index (Phi) is 11.9. The summed E-state index contributed by atoms with van der Waals surface area (Å²) in [5.74, 6) is -4.53. The van der Waals surface area contributed by atoms with E-state index in [2.05, 4.69) is 33.9 Å². The molecular weight excluding hydrogens is 384 g/mol. The van der Waals surface area contributed by atoms with E-state index in [0.29, 0.717) is 0 Å². The Labute approximate surface area is 159 Å². The lowest BCUT2D eigenvalue weighted by atomic mass is 10.3. The van der Waals surface area contributed by atoms with Gasteiger partial charge in [-0.25, -0.2) is 0 Å². The van der Waals surface area contributed by atoms with Crippen LogP contribution in [0.15, 0.2) is 0 Å². The minimum Gasteiger partial charge on any atom is -0.480 e. The van der Waals surface area contributed by atoms with E-state index < -0.39 is 67.7 Å². The summed E-state index contributed by atoms with van der Waals surface area (Å²) in [4.78, 5) is 67.4. The van der Waals surface area contributed by atoms with Gasteiger partial charge in [-0.05, 0) is 0 Å². The fourth-order valence-corrected chi connectivity index (χ4v) is 1.71. The average molecular weight is 406 g/mol. The first-order valence-corrected chi connectivity index (χ1v) is 8.22. The molecule has 0 aromatic heterocycles. The van der Waals surface area contributed by atoms with Crippen molar-refractivity contribution in [2.45, 2.75) is 6.04 Å². The molecular formula is C13H22N6O7S. The van der Waals surface area contributed by atoms with E-state index in [1.807, 2.05) is 5.32 Å². The second kappa shape index (κ2) is 13.3. The number of carbonyl (C=O) groups excluding carboxylic acids is 5. The molecule has 0 radical (unpaired) electrons. The largest absolute Gasteiger partial charge is 0.480 e. The summed E-state index contributed by atoms with van der Waals surface area (Å²) in [6, 6.07) is -0.968. The van der Waals surface area contributed by atoms with Crippen molar-refractivity contribution < 1.29 is 33.9 Å². The number of hydrogen-bond acceptors (Lipinski definition) is 8. The summed E-state index contributed by atoms with van der Waals surface area (Å²) >= 11 is 3.91. The number of nitrogens with one attached hydrogen (secondary N) is 5. The number of hydrogen-bond donors (Lipinski definition) is 8. The smallest absolute Gasteiger partial charge is 0.322 e. The number of carboxylic acids is 1. The molecule has 0 heterocycles. The maximum Gasteiger partial charge on any atom is 0.322 e. The number of carboxylic acid groups (broad SMARTS) is 1. The van der Waals surface area contributed by atoms with Crippen molar-refractivity contribution in [3.63, 3.8) is 0 Å². The summed E-state index contributed by atoms with van der Waals surface area (Å²) in [6.07, 6.45) is 0. The molecule has 14 heteroatoms. The van der Waals surface area contributed by atoms with Crippen molar-refractivity contribution in [1.82, 2.24) is 26.6 Å². The van der Waals surface area contributed by atoms with Gasteiger partial charge >= 0.3 is 5.97 Å². The van der Waals surface area contributed by atoms with Crippen molar-refractivity contribution in [2.75, 3.05) is 38.5 Å². The molecule has 0 aromatic carbocycles. The average Bonchev–Trinajstić information content (AvgIpc) is 2.64. The molecule has 0 spiro atoms. The molecule has 0 aliphatic rings. The van der Waals surface area contributed by atoms with E-state index in [-0.39, 0.29) is 12.3 Å². The van der Waals surface area contributed by atoms with Crippen LogP contribution in [0.2, 0.25) is 0 Å². The fraction of sp³-hybridized carbons (Fsp3) is 0.538. The summed E-state index contributed by atoms with van der Waals surface area (Å²) in [6.45, 7) is -2.25. The van der Waals surface area contributed by atoms with Crippen molar-refractivity contribution in [3.05, 3.63) is 0 Å². The molecule has 0 aromatic rings. The third kappa shape index (κ3) is 12.2. The lowest BCUT2D eigenvalue weighted by Crippen LogP contribution is -2.51. The highest BCUT2D eigenvalue weighted by molar-refractivity contribution is 7.80. The molecule has 0 saturated heterocycles. The molecule has 0 aliphatic heterocycles. The first-order chi connectivity index (χ1) is 12.7. The zero-order chi connectivity index (χ0) is 20.8. The minimum atomic E-state index is -1.23. The molecule has 0 unspecified atom stereocenters. The molecule has 0 fully saturated rings. The van der Waals surface area contributed by atoms with Gasteiger partial charge in [0.15, 0.2) is 0 Å². The summed E-state index contributed by atoms with van der Waals surface area (Å²) < 4.78 is 0. The van der Waals surface area contributed by atoms with Crippen LogP contribution in [0, 0.1) is 0 Å². The highest BCUT2D eigenvalue weighted by Gasteiger charge is 2.19. The minimum absolute atomic E-state index is 0.00839. The Hall–Kier alpha value is -2.87. The molecule has 5 amide bonds. The van der Waals surface area contributed by atoms with E-state index in [4.69, 9.17) is 10.8 Å². The van der Waals surface area contributed by atoms with Gasteiger partial charge in [0.1, 0.15) is 12.6 Å². The molecule has 13 nitrogen and oxygen atoms in total. The van der Waals surface area contributed by atoms with Gasteiger partial charge in [-0.2, -0.15) is 12.6 Å². The SMILES string of the molecule is NCC(=O)N[C@@H](CS)C(=O)NCC(=O)NCC(=O)NCC(=O)NCC(=O)O. The predicted molar refractivity (Wildman–Crippen MR) is 94.5 cm³/mol. The van der Waals surface area contributed by atoms with Crippen LogP contribution in [0.4, 0.5) is 0 Å². The number of amides is 5. The lowest BCUT2D eigenvalue weighted by molar-refractivity contribution is -0.137. The van der Waals surface area contributed by atoms with Crippen molar-refractivity contribution in [2.24, 2.45) is 5.73 Å². The number of carbonyl (C=O) groups is 6. The zero-order valence-electron chi connectivity index (χ0n) is 14.2. The van der Waals surface area contributed by atoms with Crippen LogP contribution in [0.3, 0.4) is 0 Å². The van der Waals surface area contributed by atoms with E-state index in [9.17, 15) is 28.8 Å². The first kappa shape index (κ1) is 24.1. The Morgan fingerprint density at radius 1 is 0.778 bits per heavy atom. The first-order valence-electron chi connectivity index (χ1n) is 7.59. The molecule has 0 bridgehead atoms. The fourth-order valence-electron chi connectivity index (χ4n) is 1.46. The van der Waals surface area contributed by atoms with E-state index in [1.54, 1.807) is 0 Å². The highest BCUT2D eigenvalue weighted by atomic mass is 32.1. The van der Waals surface area contributed by atoms with Gasteiger partial charge in [0.05, 0.1) is 26.2 Å². The van der Waals surface area contributed by atoms with Crippen LogP contribution in [-0.4, -0.2) is 85.1 Å². The molecule has 152 valence electrons. The van der Waals surface area contributed by atoms with E-state index >= 15 is 0 Å². The number of rotatable bonds is 12. The Balaban J connectivity index is 4.06. The zero-order valence-corrected chi connectivity index (χ0v) is 15.1. The van der Waals surface area contributed by atoms with Gasteiger partial charge in [0, 0.05) is 5.75 Å². The predicted octanol–water partition coefficient (Wildman–Crippen LogP) is -5.09. The third-order valence-corrected chi connectivity index (χ3v) is 3.14. The molecule has 0 saturated carbocycles. The standard InChI is InChI=1S/C13H22N6O7S/c14-1-8(20)19-7(6-27)13(26)18-4-11(23)16-2-9(21)15-3-10(22)17-5-12(24)25/h7,27H,1-6,14H2,(H,15,21)(H,16,23)(H,17,22)(H,18,26)(H,19,20)(H,24,25)/t7-/m0/s1. The van der Waals surface area contributed by atoms with Crippen LogP contribution < -0.4 is 32.3 Å². The number of nitrogens with two attached hydrogens (primary N) is 1. The lowest BCUT2D eigenvalue weighted by Gasteiger charge is -2.15. The maximum absolute atomic E-state index is 11.8. The number of aliphatic carboxylic acids is 1. The van der Waals surface area contributed by atoms with Gasteiger partial charge in [-0.15, -0.1) is 0 Å². The van der Waals surface area contributed by atoms with Crippen LogP contribution in [0.25, 0.3) is 0 Å². The molecule has 27 heavy (non-hydrogen) atoms. The van der Waals surface area contributed by atoms with Gasteiger partial charge in [0.2, 0.25) is 29.5 Å². The van der Waals surface area contributed by atoms with Crippen molar-refractivity contribution >= 4 is 48.1 Å². The molecule has 0 aliphatic carbocycles. The van der Waals surface area contributed by atoms with Crippen molar-refractivity contribution in [3.8, 4) is 0 Å². The summed E-state index contributed by atoms with van der Waals surface area (Å²) in [5, 5.41) is 19.3. The topological polar surface area (TPSA) is 209 Å². The Morgan fingerprint density at radius 2 is 1.22 bits per heavy atom. The Morgan fingerprint density at radius 3 is 1.63 bits per heavy atom. The second-order valence-electron chi connectivity index (χ2n) is 4.95. The van der Waals surface area contributed by atoms with E-state index in [0.717, 1.165) is 0 Å². The highest BCUT2D eigenvalue weighted by Crippen LogP contribution is 1.88. The molecule has 1 atom stereocenters. The monoisotopic (exact) mass is 406 g/mol. The van der Waals surface area contributed by atoms with Crippen LogP contribution in [0.5, 0.6) is 0 Å². The Bertz CT molecular complexity index is 586. The van der Waals surface area contributed by atoms with Gasteiger partial charge in [0.25, 0.3) is 0 Å². The summed E-state index contributed by atoms with van der Waals surface area (Å²) in [7, 11) is 0. The van der Waals surface area contributed by atoms with Crippen LogP contribution >= 0.6 is 12.6 Å². The molecule has 8 N–H and O–H groups in total. The van der Waals surface area contributed by atoms with Crippen molar-refractivity contribution in [1.29, 1.82) is 0 Å². The normalized spacial score (nSPS) is 10.9. The van der Waals surface area contributed by atoms with Gasteiger partial charge in [-0.3, -0.25) is 28.8 Å². The molecule has 0 rings (SSSR count). The van der Waals surface area contributed by atoms with Crippen LogP contribution in [-0.2, 0) is 28.8 Å². The van der Waals surface area contributed by atoms with E-state index in [1.165, 1.54) is 0 Å². The number of thiol groups is 1. The van der Waals surface area contributed by atoms with Gasteiger partial charge in [-0.1, -0.05) is 0 Å².